The third kappa shape index (κ3) is 2.98. The number of nitrogens with one attached hydrogen (secondary N) is 1. The molecule has 1 saturated carbocycles. The number of nitriles is 1. The second-order valence-electron chi connectivity index (χ2n) is 5.29. The molecule has 0 saturated heterocycles. The van der Waals surface area contributed by atoms with Gasteiger partial charge in [0.15, 0.2) is 0 Å². The largest absolute Gasteiger partial charge is 0.242 e. The number of benzene rings is 1. The van der Waals surface area contributed by atoms with E-state index in [9.17, 15) is 8.42 Å². The van der Waals surface area contributed by atoms with Gasteiger partial charge in [-0.15, -0.1) is 0 Å². The number of hydrogen-bond acceptors (Lipinski definition) is 3. The lowest BCUT2D eigenvalue weighted by atomic mass is 9.67. The van der Waals surface area contributed by atoms with Crippen molar-refractivity contribution in [3.63, 3.8) is 0 Å². The van der Waals surface area contributed by atoms with Gasteiger partial charge in [0.25, 0.3) is 0 Å². The molecule has 0 bridgehead atoms. The highest BCUT2D eigenvalue weighted by molar-refractivity contribution is 7.89. The minimum Gasteiger partial charge on any atom is -0.211 e. The van der Waals surface area contributed by atoms with Gasteiger partial charge in [-0.3, -0.25) is 0 Å². The third-order valence-corrected chi connectivity index (χ3v) is 6.04. The lowest BCUT2D eigenvalue weighted by Crippen LogP contribution is -2.41. The molecule has 0 radical (unpaired) electrons. The van der Waals surface area contributed by atoms with E-state index in [1.54, 1.807) is 0 Å². The number of nitrogens with zero attached hydrogens (tertiary/aromatic N) is 1. The molecule has 0 aliphatic heterocycles. The molecule has 2 rings (SSSR count). The van der Waals surface area contributed by atoms with Crippen LogP contribution in [0.1, 0.15) is 38.2 Å². The molecule has 1 fully saturated rings. The first kappa shape index (κ1) is 15.3. The number of rotatable bonds is 5. The topological polar surface area (TPSA) is 70.0 Å². The second kappa shape index (κ2) is 5.72. The maximum absolute atomic E-state index is 12.3. The first-order chi connectivity index (χ1) is 9.42. The Bertz CT molecular complexity index is 640. The van der Waals surface area contributed by atoms with E-state index >= 15 is 0 Å². The molecule has 0 heterocycles. The number of hydrogen-bond donors (Lipinski definition) is 1. The highest BCUT2D eigenvalue weighted by Gasteiger charge is 2.36. The quantitative estimate of drug-likeness (QED) is 0.908. The van der Waals surface area contributed by atoms with Crippen molar-refractivity contribution in [2.75, 3.05) is 6.54 Å². The average Bonchev–Trinajstić information content (AvgIpc) is 2.37. The molecular weight excluding hydrogens is 296 g/mol. The van der Waals surface area contributed by atoms with Gasteiger partial charge in [0, 0.05) is 6.54 Å². The second-order valence-corrected chi connectivity index (χ2v) is 7.43. The third-order valence-electron chi connectivity index (χ3n) is 4.15. The molecule has 1 aromatic rings. The number of halogens is 1. The molecule has 6 heteroatoms. The van der Waals surface area contributed by atoms with Crippen molar-refractivity contribution in [2.45, 2.75) is 37.5 Å². The van der Waals surface area contributed by atoms with Crippen LogP contribution in [0.5, 0.6) is 0 Å². The predicted octanol–water partition coefficient (Wildman–Crippen LogP) is 3.07. The monoisotopic (exact) mass is 312 g/mol. The zero-order valence-corrected chi connectivity index (χ0v) is 12.9. The first-order valence-corrected chi connectivity index (χ1v) is 8.48. The van der Waals surface area contributed by atoms with Crippen LogP contribution < -0.4 is 4.72 Å². The Morgan fingerprint density at radius 1 is 1.45 bits per heavy atom. The Labute approximate surface area is 124 Å². The van der Waals surface area contributed by atoms with E-state index < -0.39 is 10.0 Å². The lowest BCUT2D eigenvalue weighted by molar-refractivity contribution is 0.133. The van der Waals surface area contributed by atoms with Crippen LogP contribution in [0, 0.1) is 16.7 Å². The summed E-state index contributed by atoms with van der Waals surface area (Å²) in [7, 11) is -3.63. The highest BCUT2D eigenvalue weighted by Crippen LogP contribution is 2.43. The predicted molar refractivity (Wildman–Crippen MR) is 77.9 cm³/mol. The van der Waals surface area contributed by atoms with Crippen molar-refractivity contribution < 1.29 is 8.42 Å². The molecule has 1 N–H and O–H groups in total. The minimum absolute atomic E-state index is 0.0312. The summed E-state index contributed by atoms with van der Waals surface area (Å²) >= 11 is 5.95. The van der Waals surface area contributed by atoms with Crippen LogP contribution in [-0.4, -0.2) is 15.0 Å². The van der Waals surface area contributed by atoms with Gasteiger partial charge in [0.2, 0.25) is 10.0 Å². The summed E-state index contributed by atoms with van der Waals surface area (Å²) in [5.74, 6) is 0. The van der Waals surface area contributed by atoms with Crippen molar-refractivity contribution in [1.29, 1.82) is 5.26 Å². The van der Waals surface area contributed by atoms with Gasteiger partial charge in [-0.1, -0.05) is 24.9 Å². The molecule has 0 spiro atoms. The van der Waals surface area contributed by atoms with Gasteiger partial charge in [-0.05, 0) is 42.9 Å². The van der Waals surface area contributed by atoms with Crippen molar-refractivity contribution >= 4 is 21.6 Å². The summed E-state index contributed by atoms with van der Waals surface area (Å²) in [6.07, 6.45) is 4.25. The van der Waals surface area contributed by atoms with E-state index in [4.69, 9.17) is 16.9 Å². The van der Waals surface area contributed by atoms with E-state index in [1.165, 1.54) is 18.2 Å². The average molecular weight is 313 g/mol. The minimum atomic E-state index is -3.63. The van der Waals surface area contributed by atoms with Crippen LogP contribution in [-0.2, 0) is 10.0 Å². The zero-order valence-electron chi connectivity index (χ0n) is 11.3. The summed E-state index contributed by atoms with van der Waals surface area (Å²) in [5.41, 5.74) is 0.449. The fraction of sp³-hybridized carbons (Fsp3) is 0.500. The van der Waals surface area contributed by atoms with Crippen LogP contribution in [0.15, 0.2) is 23.1 Å². The summed E-state index contributed by atoms with van der Waals surface area (Å²) in [6.45, 7) is 2.53. The van der Waals surface area contributed by atoms with Gasteiger partial charge in [-0.25, -0.2) is 13.1 Å². The van der Waals surface area contributed by atoms with Gasteiger partial charge >= 0.3 is 0 Å². The molecular formula is C14H17ClN2O2S. The van der Waals surface area contributed by atoms with E-state index in [0.717, 1.165) is 25.7 Å². The van der Waals surface area contributed by atoms with Crippen LogP contribution in [0.3, 0.4) is 0 Å². The highest BCUT2D eigenvalue weighted by atomic mass is 35.5. The smallest absolute Gasteiger partial charge is 0.211 e. The fourth-order valence-corrected chi connectivity index (χ4v) is 4.15. The Morgan fingerprint density at radius 2 is 2.15 bits per heavy atom. The molecule has 1 aliphatic carbocycles. The summed E-state index contributed by atoms with van der Waals surface area (Å²) in [4.78, 5) is 0.0312. The van der Waals surface area contributed by atoms with Crippen LogP contribution >= 0.6 is 11.6 Å². The molecule has 0 aromatic heterocycles. The van der Waals surface area contributed by atoms with Gasteiger partial charge in [0.05, 0.1) is 16.7 Å². The maximum Gasteiger partial charge on any atom is 0.242 e. The normalized spacial score (nSPS) is 17.2. The Hall–Kier alpha value is -1.09. The van der Waals surface area contributed by atoms with Gasteiger partial charge < -0.3 is 0 Å². The lowest BCUT2D eigenvalue weighted by Gasteiger charge is -2.41. The fourth-order valence-electron chi connectivity index (χ4n) is 2.45. The van der Waals surface area contributed by atoms with Crippen molar-refractivity contribution in [1.82, 2.24) is 4.72 Å². The summed E-state index contributed by atoms with van der Waals surface area (Å²) in [6, 6.07) is 6.14. The SMILES string of the molecule is CCC1(CNS(=O)(=O)c2ccc(C#N)cc2Cl)CCC1. The molecule has 1 aliphatic rings. The first-order valence-electron chi connectivity index (χ1n) is 6.62. The van der Waals surface area contributed by atoms with E-state index in [2.05, 4.69) is 11.6 Å². The molecule has 1 aromatic carbocycles. The molecule has 4 nitrogen and oxygen atoms in total. The van der Waals surface area contributed by atoms with E-state index in [0.29, 0.717) is 12.1 Å². The Kier molecular flexibility index (Phi) is 4.38. The Balaban J connectivity index is 2.17. The number of sulfonamides is 1. The standard InChI is InChI=1S/C14H17ClN2O2S/c1-2-14(6-3-7-14)10-17-20(18,19)13-5-4-11(9-16)8-12(13)15/h4-5,8,17H,2-3,6-7,10H2,1H3. The molecule has 0 amide bonds. The molecule has 0 unspecified atom stereocenters. The summed E-state index contributed by atoms with van der Waals surface area (Å²) in [5, 5.41) is 8.84. The molecule has 20 heavy (non-hydrogen) atoms. The zero-order chi connectivity index (χ0) is 14.8. The van der Waals surface area contributed by atoms with Crippen LogP contribution in [0.4, 0.5) is 0 Å². The molecule has 108 valence electrons. The van der Waals surface area contributed by atoms with Crippen LogP contribution in [0.25, 0.3) is 0 Å². The van der Waals surface area contributed by atoms with E-state index in [1.807, 2.05) is 6.07 Å². The summed E-state index contributed by atoms with van der Waals surface area (Å²) < 4.78 is 27.2. The van der Waals surface area contributed by atoms with Crippen molar-refractivity contribution in [2.24, 2.45) is 5.41 Å². The van der Waals surface area contributed by atoms with E-state index in [-0.39, 0.29) is 15.3 Å². The van der Waals surface area contributed by atoms with Crippen molar-refractivity contribution in [3.8, 4) is 6.07 Å². The van der Waals surface area contributed by atoms with Crippen LogP contribution in [0.2, 0.25) is 5.02 Å². The van der Waals surface area contributed by atoms with Gasteiger partial charge in [-0.2, -0.15) is 5.26 Å². The van der Waals surface area contributed by atoms with Gasteiger partial charge in [0.1, 0.15) is 4.90 Å². The molecule has 0 atom stereocenters. The van der Waals surface area contributed by atoms with Crippen molar-refractivity contribution in [3.05, 3.63) is 28.8 Å². The Morgan fingerprint density at radius 3 is 2.60 bits per heavy atom. The maximum atomic E-state index is 12.3.